The van der Waals surface area contributed by atoms with Gasteiger partial charge in [-0.15, -0.1) is 0 Å². The molecule has 28 heavy (non-hydrogen) atoms. The smallest absolute Gasteiger partial charge is 0.263 e. The molecule has 1 unspecified atom stereocenters. The number of aromatic nitrogens is 1. The molecular weight excluding hydrogens is 358 g/mol. The van der Waals surface area contributed by atoms with Crippen molar-refractivity contribution < 1.29 is 14.3 Å². The fourth-order valence-corrected chi connectivity index (χ4v) is 3.31. The maximum atomic E-state index is 12.5. The number of hydrogen-bond donors (Lipinski definition) is 1. The molecule has 148 valence electrons. The summed E-state index contributed by atoms with van der Waals surface area (Å²) in [5, 5.41) is 2.83. The summed E-state index contributed by atoms with van der Waals surface area (Å²) in [4.78, 5) is 38.8. The van der Waals surface area contributed by atoms with Gasteiger partial charge in [0.05, 0.1) is 13.2 Å². The predicted octanol–water partition coefficient (Wildman–Crippen LogP) is 1.28. The molecule has 1 aromatic carbocycles. The van der Waals surface area contributed by atoms with E-state index in [4.69, 9.17) is 4.74 Å². The van der Waals surface area contributed by atoms with Crippen LogP contribution in [0.2, 0.25) is 0 Å². The van der Waals surface area contributed by atoms with E-state index in [0.29, 0.717) is 13.1 Å². The molecule has 0 bridgehead atoms. The zero-order valence-electron chi connectivity index (χ0n) is 16.4. The van der Waals surface area contributed by atoms with E-state index in [1.807, 2.05) is 24.3 Å². The number of hydrogen-bond acceptors (Lipinski definition) is 4. The van der Waals surface area contributed by atoms with Crippen LogP contribution < -0.4 is 15.6 Å². The van der Waals surface area contributed by atoms with Gasteiger partial charge >= 0.3 is 0 Å². The topological polar surface area (TPSA) is 80.6 Å². The number of amides is 2. The van der Waals surface area contributed by atoms with Gasteiger partial charge in [-0.25, -0.2) is 0 Å². The van der Waals surface area contributed by atoms with Crippen molar-refractivity contribution in [3.8, 4) is 5.75 Å². The van der Waals surface area contributed by atoms with E-state index < -0.39 is 5.91 Å². The van der Waals surface area contributed by atoms with Gasteiger partial charge in [-0.2, -0.15) is 0 Å². The summed E-state index contributed by atoms with van der Waals surface area (Å²) in [5.41, 5.74) is 1.65. The van der Waals surface area contributed by atoms with Crippen LogP contribution in [0.5, 0.6) is 5.75 Å². The highest BCUT2D eigenvalue weighted by molar-refractivity contribution is 5.94. The summed E-state index contributed by atoms with van der Waals surface area (Å²) in [6.45, 7) is 2.84. The Bertz CT molecular complexity index is 934. The highest BCUT2D eigenvalue weighted by Gasteiger charge is 2.30. The first-order valence-corrected chi connectivity index (χ1v) is 9.27. The summed E-state index contributed by atoms with van der Waals surface area (Å²) < 4.78 is 6.59. The quantitative estimate of drug-likeness (QED) is 0.815. The second kappa shape index (κ2) is 8.29. The summed E-state index contributed by atoms with van der Waals surface area (Å²) in [6.07, 6.45) is 0.982. The third kappa shape index (κ3) is 4.24. The average molecular weight is 383 g/mol. The Morgan fingerprint density at radius 3 is 2.57 bits per heavy atom. The van der Waals surface area contributed by atoms with E-state index in [1.54, 1.807) is 32.0 Å². The molecule has 1 N–H and O–H groups in total. The molecule has 2 aromatic rings. The molecule has 1 aromatic heterocycles. The van der Waals surface area contributed by atoms with E-state index >= 15 is 0 Å². The molecule has 0 spiro atoms. The van der Waals surface area contributed by atoms with Crippen LogP contribution >= 0.6 is 0 Å². The van der Waals surface area contributed by atoms with Crippen LogP contribution in [0.25, 0.3) is 0 Å². The van der Waals surface area contributed by atoms with Gasteiger partial charge in [0.1, 0.15) is 11.3 Å². The molecule has 0 saturated carbocycles. The zero-order chi connectivity index (χ0) is 20.3. The normalized spacial score (nSPS) is 16.3. The molecular formula is C21H25N3O4. The second-order valence-electron chi connectivity index (χ2n) is 7.06. The number of methoxy groups -OCH3 is 1. The molecule has 1 aliphatic rings. The molecule has 1 saturated heterocycles. The van der Waals surface area contributed by atoms with E-state index in [9.17, 15) is 14.4 Å². The number of likely N-dealkylation sites (tertiary alicyclic amines) is 1. The molecule has 7 nitrogen and oxygen atoms in total. The second-order valence-corrected chi connectivity index (χ2v) is 7.06. The predicted molar refractivity (Wildman–Crippen MR) is 106 cm³/mol. The maximum Gasteiger partial charge on any atom is 0.263 e. The van der Waals surface area contributed by atoms with Crippen LogP contribution in [0.15, 0.2) is 41.2 Å². The molecule has 7 heteroatoms. The Morgan fingerprint density at radius 2 is 1.89 bits per heavy atom. The SMILES string of the molecule is COc1ccc(CCN2CC(NC(=O)c3ccc(C)n(C)c3=O)CC2=O)cc1. The van der Waals surface area contributed by atoms with Gasteiger partial charge in [0.2, 0.25) is 5.91 Å². The number of nitrogens with zero attached hydrogens (tertiary/aromatic N) is 2. The number of carbonyl (C=O) groups is 2. The van der Waals surface area contributed by atoms with Gasteiger partial charge < -0.3 is 19.5 Å². The molecule has 3 rings (SSSR count). The number of nitrogens with one attached hydrogen (secondary N) is 1. The van der Waals surface area contributed by atoms with E-state index in [2.05, 4.69) is 5.32 Å². The Labute approximate surface area is 163 Å². The van der Waals surface area contributed by atoms with Crippen molar-refractivity contribution in [1.29, 1.82) is 0 Å². The highest BCUT2D eigenvalue weighted by Crippen LogP contribution is 2.15. The number of benzene rings is 1. The van der Waals surface area contributed by atoms with Gasteiger partial charge in [0.15, 0.2) is 0 Å². The third-order valence-corrected chi connectivity index (χ3v) is 5.18. The van der Waals surface area contributed by atoms with Crippen LogP contribution in [0.1, 0.15) is 28.0 Å². The van der Waals surface area contributed by atoms with Gasteiger partial charge in [-0.05, 0) is 43.2 Å². The van der Waals surface area contributed by atoms with Crippen LogP contribution in [0, 0.1) is 6.92 Å². The number of rotatable bonds is 6. The molecule has 2 heterocycles. The minimum absolute atomic E-state index is 0.00983. The summed E-state index contributed by atoms with van der Waals surface area (Å²) in [6, 6.07) is 10.7. The molecule has 0 aliphatic carbocycles. The van der Waals surface area contributed by atoms with E-state index in [1.165, 1.54) is 10.6 Å². The lowest BCUT2D eigenvalue weighted by molar-refractivity contribution is -0.127. The van der Waals surface area contributed by atoms with Crippen molar-refractivity contribution in [3.05, 3.63) is 63.6 Å². The average Bonchev–Trinajstić information content (AvgIpc) is 3.03. The minimum Gasteiger partial charge on any atom is -0.497 e. The molecule has 1 atom stereocenters. The summed E-state index contributed by atoms with van der Waals surface area (Å²) in [7, 11) is 3.26. The van der Waals surface area contributed by atoms with Crippen molar-refractivity contribution >= 4 is 11.8 Å². The van der Waals surface area contributed by atoms with Crippen LogP contribution in [-0.4, -0.2) is 47.5 Å². The first-order chi connectivity index (χ1) is 13.4. The van der Waals surface area contributed by atoms with E-state index in [-0.39, 0.29) is 29.5 Å². The molecule has 1 fully saturated rings. The number of pyridine rings is 1. The van der Waals surface area contributed by atoms with Crippen molar-refractivity contribution in [1.82, 2.24) is 14.8 Å². The number of ether oxygens (including phenoxy) is 1. The number of carbonyl (C=O) groups excluding carboxylic acids is 2. The Morgan fingerprint density at radius 1 is 1.18 bits per heavy atom. The van der Waals surface area contributed by atoms with Crippen molar-refractivity contribution in [2.75, 3.05) is 20.2 Å². The first kappa shape index (κ1) is 19.7. The maximum absolute atomic E-state index is 12.5. The lowest BCUT2D eigenvalue weighted by atomic mass is 10.1. The lowest BCUT2D eigenvalue weighted by Gasteiger charge is -2.17. The fourth-order valence-electron chi connectivity index (χ4n) is 3.31. The van der Waals surface area contributed by atoms with Crippen LogP contribution in [0.4, 0.5) is 0 Å². The van der Waals surface area contributed by atoms with Gasteiger partial charge in [-0.3, -0.25) is 14.4 Å². The monoisotopic (exact) mass is 383 g/mol. The van der Waals surface area contributed by atoms with Gasteiger partial charge in [-0.1, -0.05) is 12.1 Å². The van der Waals surface area contributed by atoms with Gasteiger partial charge in [0, 0.05) is 32.3 Å². The number of aryl methyl sites for hydroxylation is 1. The highest BCUT2D eigenvalue weighted by atomic mass is 16.5. The zero-order valence-corrected chi connectivity index (χ0v) is 16.4. The van der Waals surface area contributed by atoms with Crippen LogP contribution in [0.3, 0.4) is 0 Å². The first-order valence-electron chi connectivity index (χ1n) is 9.27. The largest absolute Gasteiger partial charge is 0.497 e. The lowest BCUT2D eigenvalue weighted by Crippen LogP contribution is -2.40. The van der Waals surface area contributed by atoms with E-state index in [0.717, 1.165) is 23.4 Å². The molecule has 0 radical (unpaired) electrons. The van der Waals surface area contributed by atoms with Crippen molar-refractivity contribution in [2.45, 2.75) is 25.8 Å². The standard InChI is InChI=1S/C21H25N3O4/c1-14-4-9-18(21(27)23(14)2)20(26)22-16-12-19(25)24(13-16)11-10-15-5-7-17(28-3)8-6-15/h4-9,16H,10-13H2,1-3H3,(H,22,26). The van der Waals surface area contributed by atoms with Gasteiger partial charge in [0.25, 0.3) is 11.5 Å². The summed E-state index contributed by atoms with van der Waals surface area (Å²) in [5.74, 6) is 0.372. The minimum atomic E-state index is -0.435. The summed E-state index contributed by atoms with van der Waals surface area (Å²) >= 11 is 0. The molecule has 1 aliphatic heterocycles. The Kier molecular flexibility index (Phi) is 5.82. The Balaban J connectivity index is 1.57. The third-order valence-electron chi connectivity index (χ3n) is 5.18. The van der Waals surface area contributed by atoms with Crippen molar-refractivity contribution in [2.24, 2.45) is 7.05 Å². The molecule has 2 amide bonds. The Hall–Kier alpha value is -3.09. The van der Waals surface area contributed by atoms with Crippen LogP contribution in [-0.2, 0) is 18.3 Å². The van der Waals surface area contributed by atoms with Crippen molar-refractivity contribution in [3.63, 3.8) is 0 Å². The fraction of sp³-hybridized carbons (Fsp3) is 0.381.